The maximum Gasteiger partial charge on any atom is 0.191 e. The number of rotatable bonds is 5. The minimum atomic E-state index is 0.733. The summed E-state index contributed by atoms with van der Waals surface area (Å²) in [6.07, 6.45) is 1.36. The van der Waals surface area contributed by atoms with E-state index in [1.807, 2.05) is 7.05 Å². The number of nitrogens with zero attached hydrogens (tertiary/aromatic N) is 3. The van der Waals surface area contributed by atoms with E-state index >= 15 is 0 Å². The van der Waals surface area contributed by atoms with Crippen LogP contribution in [-0.4, -0.2) is 49.1 Å². The number of aryl methyl sites for hydroxylation is 2. The van der Waals surface area contributed by atoms with Crippen LogP contribution in [0.15, 0.2) is 4.99 Å². The monoisotopic (exact) mass is 337 g/mol. The van der Waals surface area contributed by atoms with Gasteiger partial charge >= 0.3 is 0 Å². The number of aliphatic imine (C=N–C) groups is 1. The molecule has 130 valence electrons. The van der Waals surface area contributed by atoms with Gasteiger partial charge in [-0.1, -0.05) is 13.8 Å². The Balaban J connectivity index is 1.70. The van der Waals surface area contributed by atoms with Crippen molar-refractivity contribution in [3.8, 4) is 0 Å². The lowest BCUT2D eigenvalue weighted by Gasteiger charge is -2.35. The van der Waals surface area contributed by atoms with Gasteiger partial charge in [0, 0.05) is 38.1 Å². The second-order valence-corrected chi connectivity index (χ2v) is 8.10. The van der Waals surface area contributed by atoms with Crippen molar-refractivity contribution in [3.63, 3.8) is 0 Å². The topological polar surface area (TPSA) is 52.6 Å². The lowest BCUT2D eigenvalue weighted by molar-refractivity contribution is 0.143. The molecule has 2 heterocycles. The van der Waals surface area contributed by atoms with Gasteiger partial charge < -0.3 is 15.5 Å². The third kappa shape index (κ3) is 5.77. The summed E-state index contributed by atoms with van der Waals surface area (Å²) in [5.74, 6) is 2.48. The Morgan fingerprint density at radius 1 is 1.26 bits per heavy atom. The van der Waals surface area contributed by atoms with E-state index in [2.05, 4.69) is 53.2 Å². The second kappa shape index (κ2) is 8.64. The SMILES string of the molecule is CN=C(NCCN1CC(C)CC(C)C1)NCc1nc(C)c(C)s1. The van der Waals surface area contributed by atoms with Gasteiger partial charge in [0.2, 0.25) is 0 Å². The molecule has 2 unspecified atom stereocenters. The van der Waals surface area contributed by atoms with Gasteiger partial charge in [0.15, 0.2) is 5.96 Å². The highest BCUT2D eigenvalue weighted by atomic mass is 32.1. The summed E-state index contributed by atoms with van der Waals surface area (Å²) in [5.41, 5.74) is 1.13. The van der Waals surface area contributed by atoms with E-state index in [0.29, 0.717) is 0 Å². The Morgan fingerprint density at radius 2 is 1.96 bits per heavy atom. The summed E-state index contributed by atoms with van der Waals surface area (Å²) in [7, 11) is 1.82. The fourth-order valence-electron chi connectivity index (χ4n) is 3.30. The molecule has 1 saturated heterocycles. The van der Waals surface area contributed by atoms with Crippen molar-refractivity contribution in [2.45, 2.75) is 40.7 Å². The first-order valence-corrected chi connectivity index (χ1v) is 9.39. The molecule has 1 aromatic heterocycles. The van der Waals surface area contributed by atoms with Crippen molar-refractivity contribution in [1.82, 2.24) is 20.5 Å². The average molecular weight is 338 g/mol. The number of hydrogen-bond acceptors (Lipinski definition) is 4. The van der Waals surface area contributed by atoms with Crippen molar-refractivity contribution in [2.75, 3.05) is 33.2 Å². The summed E-state index contributed by atoms with van der Waals surface area (Å²) >= 11 is 1.75. The molecule has 2 N–H and O–H groups in total. The number of nitrogens with one attached hydrogen (secondary N) is 2. The molecule has 1 aromatic rings. The molecule has 2 rings (SSSR count). The predicted molar refractivity (Wildman–Crippen MR) is 99.2 cm³/mol. The first-order chi connectivity index (χ1) is 11.0. The largest absolute Gasteiger partial charge is 0.355 e. The highest BCUT2D eigenvalue weighted by Gasteiger charge is 2.21. The van der Waals surface area contributed by atoms with Crippen molar-refractivity contribution < 1.29 is 0 Å². The van der Waals surface area contributed by atoms with Crippen LogP contribution in [0, 0.1) is 25.7 Å². The number of piperidine rings is 1. The van der Waals surface area contributed by atoms with Crippen molar-refractivity contribution in [2.24, 2.45) is 16.8 Å². The molecular formula is C17H31N5S. The summed E-state index contributed by atoms with van der Waals surface area (Å²) in [5, 5.41) is 7.87. The zero-order chi connectivity index (χ0) is 16.8. The van der Waals surface area contributed by atoms with Gasteiger partial charge in [-0.3, -0.25) is 4.99 Å². The average Bonchev–Trinajstić information content (AvgIpc) is 2.80. The van der Waals surface area contributed by atoms with E-state index in [0.717, 1.165) is 48.1 Å². The number of hydrogen-bond donors (Lipinski definition) is 2. The third-order valence-corrected chi connectivity index (χ3v) is 5.44. The molecule has 0 bridgehead atoms. The zero-order valence-electron chi connectivity index (χ0n) is 15.1. The number of aromatic nitrogens is 1. The van der Waals surface area contributed by atoms with Crippen LogP contribution in [0.3, 0.4) is 0 Å². The standard InChI is InChI=1S/C17H31N5S/c1-12-8-13(2)11-22(10-12)7-6-19-17(18-5)20-9-16-21-14(3)15(4)23-16/h12-13H,6-11H2,1-5H3,(H2,18,19,20). The Labute approximate surface area is 144 Å². The molecule has 23 heavy (non-hydrogen) atoms. The van der Waals surface area contributed by atoms with E-state index in [1.54, 1.807) is 11.3 Å². The summed E-state index contributed by atoms with van der Waals surface area (Å²) in [4.78, 5) is 12.7. The summed E-state index contributed by atoms with van der Waals surface area (Å²) < 4.78 is 0. The van der Waals surface area contributed by atoms with E-state index in [9.17, 15) is 0 Å². The van der Waals surface area contributed by atoms with Crippen LogP contribution < -0.4 is 10.6 Å². The first-order valence-electron chi connectivity index (χ1n) is 8.57. The molecule has 0 radical (unpaired) electrons. The summed E-state index contributed by atoms with van der Waals surface area (Å²) in [6, 6.07) is 0. The van der Waals surface area contributed by atoms with Crippen molar-refractivity contribution in [3.05, 3.63) is 15.6 Å². The second-order valence-electron chi connectivity index (χ2n) is 6.81. The predicted octanol–water partition coefficient (Wildman–Crippen LogP) is 2.40. The van der Waals surface area contributed by atoms with E-state index in [1.165, 1.54) is 24.4 Å². The Bertz CT molecular complexity index is 496. The Hall–Kier alpha value is -1.14. The minimum absolute atomic E-state index is 0.733. The van der Waals surface area contributed by atoms with E-state index in [-0.39, 0.29) is 0 Å². The molecule has 6 heteroatoms. The van der Waals surface area contributed by atoms with Gasteiger partial charge in [-0.2, -0.15) is 0 Å². The van der Waals surface area contributed by atoms with Crippen LogP contribution in [0.4, 0.5) is 0 Å². The van der Waals surface area contributed by atoms with Crippen LogP contribution in [-0.2, 0) is 6.54 Å². The van der Waals surface area contributed by atoms with Gasteiger partial charge in [-0.05, 0) is 32.1 Å². The Morgan fingerprint density at radius 3 is 2.52 bits per heavy atom. The van der Waals surface area contributed by atoms with Crippen LogP contribution in [0.25, 0.3) is 0 Å². The van der Waals surface area contributed by atoms with Crippen LogP contribution in [0.2, 0.25) is 0 Å². The molecule has 0 saturated carbocycles. The maximum atomic E-state index is 4.55. The fraction of sp³-hybridized carbons (Fsp3) is 0.765. The molecule has 0 aliphatic carbocycles. The van der Waals surface area contributed by atoms with Crippen LogP contribution in [0.5, 0.6) is 0 Å². The van der Waals surface area contributed by atoms with Crippen LogP contribution in [0.1, 0.15) is 35.8 Å². The molecule has 1 aliphatic heterocycles. The highest BCUT2D eigenvalue weighted by molar-refractivity contribution is 7.11. The van der Waals surface area contributed by atoms with Crippen LogP contribution >= 0.6 is 11.3 Å². The lowest BCUT2D eigenvalue weighted by Crippen LogP contribution is -2.45. The smallest absolute Gasteiger partial charge is 0.191 e. The quantitative estimate of drug-likeness (QED) is 0.640. The summed E-state index contributed by atoms with van der Waals surface area (Å²) in [6.45, 7) is 14.1. The Kier molecular flexibility index (Phi) is 6.84. The third-order valence-electron chi connectivity index (χ3n) is 4.37. The van der Waals surface area contributed by atoms with Gasteiger partial charge in [0.1, 0.15) is 5.01 Å². The normalized spacial score (nSPS) is 23.1. The van der Waals surface area contributed by atoms with Gasteiger partial charge in [0.25, 0.3) is 0 Å². The molecule has 0 amide bonds. The van der Waals surface area contributed by atoms with Gasteiger partial charge in [0.05, 0.1) is 12.2 Å². The molecule has 0 spiro atoms. The number of guanidine groups is 1. The minimum Gasteiger partial charge on any atom is -0.355 e. The molecule has 2 atom stereocenters. The zero-order valence-corrected chi connectivity index (χ0v) is 16.0. The molecule has 5 nitrogen and oxygen atoms in total. The van der Waals surface area contributed by atoms with E-state index < -0.39 is 0 Å². The molecular weight excluding hydrogens is 306 g/mol. The highest BCUT2D eigenvalue weighted by Crippen LogP contribution is 2.20. The maximum absolute atomic E-state index is 4.55. The lowest BCUT2D eigenvalue weighted by atomic mass is 9.92. The number of thiazole rings is 1. The first kappa shape index (κ1) is 18.2. The molecule has 1 aliphatic rings. The van der Waals surface area contributed by atoms with Crippen molar-refractivity contribution >= 4 is 17.3 Å². The number of likely N-dealkylation sites (tertiary alicyclic amines) is 1. The van der Waals surface area contributed by atoms with Crippen molar-refractivity contribution in [1.29, 1.82) is 0 Å². The molecule has 1 fully saturated rings. The van der Waals surface area contributed by atoms with E-state index in [4.69, 9.17) is 0 Å². The van der Waals surface area contributed by atoms with Gasteiger partial charge in [-0.15, -0.1) is 11.3 Å². The van der Waals surface area contributed by atoms with Gasteiger partial charge in [-0.25, -0.2) is 4.98 Å². The fourth-order valence-corrected chi connectivity index (χ4v) is 4.18. The molecule has 0 aromatic carbocycles.